The number of aliphatic hydroxyl groups is 1. The number of nitrogens with one attached hydrogen (secondary N) is 2. The number of rotatable bonds is 12. The van der Waals surface area contributed by atoms with E-state index in [1.807, 2.05) is 51.1 Å². The highest BCUT2D eigenvalue weighted by Gasteiger charge is 2.39. The topological polar surface area (TPSA) is 116 Å². The molecule has 8 nitrogen and oxygen atoms in total. The van der Waals surface area contributed by atoms with Crippen molar-refractivity contribution in [2.75, 3.05) is 6.54 Å². The Labute approximate surface area is 202 Å². The smallest absolute Gasteiger partial charge is 0.245 e. The van der Waals surface area contributed by atoms with Crippen LogP contribution in [0.15, 0.2) is 30.3 Å². The monoisotopic (exact) mass is 473 g/mol. The Bertz CT molecular complexity index is 842. The van der Waals surface area contributed by atoms with Crippen molar-refractivity contribution in [3.05, 3.63) is 35.9 Å². The van der Waals surface area contributed by atoms with Gasteiger partial charge in [0.15, 0.2) is 5.78 Å². The van der Waals surface area contributed by atoms with Crippen LogP contribution in [0.2, 0.25) is 0 Å². The number of benzene rings is 1. The first-order valence-corrected chi connectivity index (χ1v) is 12.3. The minimum atomic E-state index is -1.33. The summed E-state index contributed by atoms with van der Waals surface area (Å²) >= 11 is 0. The molecule has 1 saturated heterocycles. The number of likely N-dealkylation sites (tertiary alicyclic amines) is 1. The lowest BCUT2D eigenvalue weighted by Crippen LogP contribution is -2.56. The standard InChI is InChI=1S/C26H39N3O5/c1-5-10-20(24(32)23(31)16-19-11-7-6-8-12-19)28-25(33)22-13-9-14-29(22)26(34)21(15-17(2)3)27-18(4)30/h6-8,11-12,17,20-22,24,32H,5,9-10,13-16H2,1-4H3,(H,27,30)(H,28,33)/t20-,21-,22-,24?/m0/s1. The predicted molar refractivity (Wildman–Crippen MR) is 130 cm³/mol. The first kappa shape index (κ1) is 27.5. The lowest BCUT2D eigenvalue weighted by molar-refractivity contribution is -0.142. The van der Waals surface area contributed by atoms with Gasteiger partial charge in [0.05, 0.1) is 6.04 Å². The number of carbonyl (C=O) groups is 4. The average molecular weight is 474 g/mol. The van der Waals surface area contributed by atoms with Crippen molar-refractivity contribution >= 4 is 23.5 Å². The van der Waals surface area contributed by atoms with Crippen LogP contribution >= 0.6 is 0 Å². The third-order valence-corrected chi connectivity index (χ3v) is 6.08. The van der Waals surface area contributed by atoms with Crippen molar-refractivity contribution in [1.82, 2.24) is 15.5 Å². The van der Waals surface area contributed by atoms with E-state index in [1.165, 1.54) is 11.8 Å². The van der Waals surface area contributed by atoms with Crippen LogP contribution in [0.5, 0.6) is 0 Å². The van der Waals surface area contributed by atoms with E-state index in [4.69, 9.17) is 0 Å². The highest BCUT2D eigenvalue weighted by molar-refractivity contribution is 5.93. The first-order valence-electron chi connectivity index (χ1n) is 12.3. The van der Waals surface area contributed by atoms with Gasteiger partial charge in [-0.25, -0.2) is 0 Å². The van der Waals surface area contributed by atoms with E-state index in [0.29, 0.717) is 38.6 Å². The zero-order chi connectivity index (χ0) is 25.3. The van der Waals surface area contributed by atoms with E-state index < -0.39 is 24.2 Å². The molecule has 2 rings (SSSR count). The van der Waals surface area contributed by atoms with Crippen LogP contribution in [0.4, 0.5) is 0 Å². The lowest BCUT2D eigenvalue weighted by Gasteiger charge is -2.31. The SMILES string of the molecule is CCC[C@H](NC(=O)[C@@H]1CCCN1C(=O)[C@H](CC(C)C)NC(C)=O)C(O)C(=O)Cc1ccccc1. The molecule has 1 aliphatic heterocycles. The van der Waals surface area contributed by atoms with E-state index in [0.717, 1.165) is 5.56 Å². The van der Waals surface area contributed by atoms with Crippen molar-refractivity contribution < 1.29 is 24.3 Å². The summed E-state index contributed by atoms with van der Waals surface area (Å²) in [5.41, 5.74) is 0.801. The summed E-state index contributed by atoms with van der Waals surface area (Å²) in [6.07, 6.45) is 1.52. The molecule has 188 valence electrons. The summed E-state index contributed by atoms with van der Waals surface area (Å²) in [5, 5.41) is 16.3. The van der Waals surface area contributed by atoms with Gasteiger partial charge in [-0.3, -0.25) is 19.2 Å². The zero-order valence-electron chi connectivity index (χ0n) is 20.8. The Hall–Kier alpha value is -2.74. The minimum absolute atomic E-state index is 0.0831. The second-order valence-electron chi connectivity index (χ2n) is 9.55. The number of hydrogen-bond acceptors (Lipinski definition) is 5. The Balaban J connectivity index is 2.09. The highest BCUT2D eigenvalue weighted by Crippen LogP contribution is 2.21. The molecule has 0 bridgehead atoms. The van der Waals surface area contributed by atoms with Gasteiger partial charge in [-0.15, -0.1) is 0 Å². The maximum Gasteiger partial charge on any atom is 0.245 e. The normalized spacial score (nSPS) is 18.3. The Morgan fingerprint density at radius 2 is 1.79 bits per heavy atom. The van der Waals surface area contributed by atoms with Crippen LogP contribution in [0.25, 0.3) is 0 Å². The molecule has 1 heterocycles. The summed E-state index contributed by atoms with van der Waals surface area (Å²) in [6.45, 7) is 7.67. The van der Waals surface area contributed by atoms with Crippen molar-refractivity contribution in [2.45, 2.75) is 90.4 Å². The number of Topliss-reactive ketones (excluding diaryl/α,β-unsaturated/α-hetero) is 1. The fourth-order valence-corrected chi connectivity index (χ4v) is 4.47. The van der Waals surface area contributed by atoms with Crippen LogP contribution in [-0.2, 0) is 25.6 Å². The van der Waals surface area contributed by atoms with Crippen molar-refractivity contribution in [2.24, 2.45) is 5.92 Å². The number of amides is 3. The Morgan fingerprint density at radius 3 is 2.38 bits per heavy atom. The Kier molecular flexibility index (Phi) is 10.7. The van der Waals surface area contributed by atoms with Crippen molar-refractivity contribution in [3.8, 4) is 0 Å². The molecule has 1 aliphatic rings. The molecule has 8 heteroatoms. The number of nitrogens with zero attached hydrogens (tertiary/aromatic N) is 1. The van der Waals surface area contributed by atoms with Gasteiger partial charge in [0.1, 0.15) is 18.2 Å². The van der Waals surface area contributed by atoms with Gasteiger partial charge in [-0.2, -0.15) is 0 Å². The first-order chi connectivity index (χ1) is 16.1. The zero-order valence-corrected chi connectivity index (χ0v) is 20.8. The maximum absolute atomic E-state index is 13.2. The quantitative estimate of drug-likeness (QED) is 0.429. The van der Waals surface area contributed by atoms with Gasteiger partial charge in [-0.1, -0.05) is 57.5 Å². The molecular formula is C26H39N3O5. The van der Waals surface area contributed by atoms with Crippen LogP contribution in [0.3, 0.4) is 0 Å². The molecule has 1 aromatic rings. The molecule has 0 radical (unpaired) electrons. The number of hydrogen-bond donors (Lipinski definition) is 3. The van der Waals surface area contributed by atoms with Crippen LogP contribution < -0.4 is 10.6 Å². The van der Waals surface area contributed by atoms with Crippen molar-refractivity contribution in [3.63, 3.8) is 0 Å². The maximum atomic E-state index is 13.2. The molecule has 1 aromatic carbocycles. The molecule has 1 fully saturated rings. The molecule has 34 heavy (non-hydrogen) atoms. The summed E-state index contributed by atoms with van der Waals surface area (Å²) in [5.74, 6) is -1.10. The van der Waals surface area contributed by atoms with E-state index in [1.54, 1.807) is 0 Å². The Morgan fingerprint density at radius 1 is 1.12 bits per heavy atom. The minimum Gasteiger partial charge on any atom is -0.383 e. The molecular weight excluding hydrogens is 434 g/mol. The number of carbonyl (C=O) groups excluding carboxylic acids is 4. The third-order valence-electron chi connectivity index (χ3n) is 6.08. The molecule has 0 spiro atoms. The van der Waals surface area contributed by atoms with E-state index in [-0.39, 0.29) is 35.8 Å². The highest BCUT2D eigenvalue weighted by atomic mass is 16.3. The molecule has 0 aliphatic carbocycles. The molecule has 3 amide bonds. The van der Waals surface area contributed by atoms with Gasteiger partial charge in [0.2, 0.25) is 17.7 Å². The summed E-state index contributed by atoms with van der Waals surface area (Å²) < 4.78 is 0. The number of ketones is 1. The fraction of sp³-hybridized carbons (Fsp3) is 0.615. The van der Waals surface area contributed by atoms with Gasteiger partial charge < -0.3 is 20.6 Å². The molecule has 1 unspecified atom stereocenters. The summed E-state index contributed by atoms with van der Waals surface area (Å²) in [4.78, 5) is 52.3. The summed E-state index contributed by atoms with van der Waals surface area (Å²) in [7, 11) is 0. The fourth-order valence-electron chi connectivity index (χ4n) is 4.47. The van der Waals surface area contributed by atoms with Gasteiger partial charge in [0, 0.05) is 19.9 Å². The number of aliphatic hydroxyl groups excluding tert-OH is 1. The van der Waals surface area contributed by atoms with Gasteiger partial charge in [0.25, 0.3) is 0 Å². The molecule has 0 saturated carbocycles. The van der Waals surface area contributed by atoms with E-state index in [9.17, 15) is 24.3 Å². The molecule has 0 aromatic heterocycles. The van der Waals surface area contributed by atoms with Crippen molar-refractivity contribution in [1.29, 1.82) is 0 Å². The molecule has 4 atom stereocenters. The summed E-state index contributed by atoms with van der Waals surface area (Å²) in [6, 6.07) is 7.07. The van der Waals surface area contributed by atoms with E-state index in [2.05, 4.69) is 10.6 Å². The van der Waals surface area contributed by atoms with Gasteiger partial charge >= 0.3 is 0 Å². The van der Waals surface area contributed by atoms with Gasteiger partial charge in [-0.05, 0) is 37.2 Å². The van der Waals surface area contributed by atoms with Crippen LogP contribution in [-0.4, -0.2) is 64.3 Å². The predicted octanol–water partition coefficient (Wildman–Crippen LogP) is 1.99. The largest absolute Gasteiger partial charge is 0.383 e. The molecule has 3 N–H and O–H groups in total. The second kappa shape index (κ2) is 13.2. The lowest BCUT2D eigenvalue weighted by atomic mass is 9.97. The third kappa shape index (κ3) is 7.94. The van der Waals surface area contributed by atoms with E-state index >= 15 is 0 Å². The van der Waals surface area contributed by atoms with Crippen LogP contribution in [0.1, 0.15) is 65.4 Å². The second-order valence-corrected chi connectivity index (χ2v) is 9.55. The van der Waals surface area contributed by atoms with Crippen LogP contribution in [0, 0.1) is 5.92 Å². The average Bonchev–Trinajstić information content (AvgIpc) is 3.27.